The summed E-state index contributed by atoms with van der Waals surface area (Å²) in [6.07, 6.45) is 3.68. The summed E-state index contributed by atoms with van der Waals surface area (Å²) >= 11 is 0. The Kier molecular flexibility index (Phi) is 3.28. The maximum absolute atomic E-state index is 13.1. The van der Waals surface area contributed by atoms with Gasteiger partial charge in [-0.3, -0.25) is 0 Å². The van der Waals surface area contributed by atoms with Gasteiger partial charge in [-0.25, -0.2) is 4.39 Å². The van der Waals surface area contributed by atoms with Crippen LogP contribution in [0.25, 0.3) is 10.8 Å². The minimum absolute atomic E-state index is 0.159. The van der Waals surface area contributed by atoms with Crippen LogP contribution in [0, 0.1) is 11.7 Å². The number of piperidine rings is 1. The van der Waals surface area contributed by atoms with E-state index in [4.69, 9.17) is 0 Å². The van der Waals surface area contributed by atoms with Crippen LogP contribution in [0.2, 0.25) is 0 Å². The van der Waals surface area contributed by atoms with Gasteiger partial charge in [0.25, 0.3) is 0 Å². The molecule has 1 saturated heterocycles. The molecule has 1 aliphatic rings. The third-order valence-corrected chi connectivity index (χ3v) is 3.85. The van der Waals surface area contributed by atoms with Crippen LogP contribution in [-0.4, -0.2) is 13.1 Å². The van der Waals surface area contributed by atoms with Crippen molar-refractivity contribution in [2.75, 3.05) is 13.1 Å². The van der Waals surface area contributed by atoms with E-state index in [0.717, 1.165) is 36.2 Å². The Morgan fingerprint density at radius 1 is 1.00 bits per heavy atom. The van der Waals surface area contributed by atoms with Crippen LogP contribution in [0.15, 0.2) is 36.4 Å². The van der Waals surface area contributed by atoms with Gasteiger partial charge in [-0.05, 0) is 66.7 Å². The van der Waals surface area contributed by atoms with Gasteiger partial charge >= 0.3 is 0 Å². The second kappa shape index (κ2) is 5.07. The van der Waals surface area contributed by atoms with Crippen LogP contribution in [0.5, 0.6) is 0 Å². The molecule has 94 valence electrons. The normalized spacial score (nSPS) is 17.2. The molecule has 1 aliphatic heterocycles. The smallest absolute Gasteiger partial charge is 0.123 e. The van der Waals surface area contributed by atoms with Gasteiger partial charge in [-0.1, -0.05) is 24.3 Å². The fraction of sp³-hybridized carbons (Fsp3) is 0.375. The SMILES string of the molecule is Fc1ccc2cc(CC3CCNCC3)ccc2c1. The number of halogens is 1. The molecule has 0 aliphatic carbocycles. The number of fused-ring (bicyclic) bond motifs is 1. The number of hydrogen-bond acceptors (Lipinski definition) is 1. The van der Waals surface area contributed by atoms with Crippen molar-refractivity contribution in [2.24, 2.45) is 5.92 Å². The van der Waals surface area contributed by atoms with E-state index in [2.05, 4.69) is 17.4 Å². The van der Waals surface area contributed by atoms with Crippen LogP contribution in [-0.2, 0) is 6.42 Å². The lowest BCUT2D eigenvalue weighted by Crippen LogP contribution is -2.28. The number of benzene rings is 2. The first-order valence-electron chi connectivity index (χ1n) is 6.70. The van der Waals surface area contributed by atoms with Crippen molar-refractivity contribution in [2.45, 2.75) is 19.3 Å². The maximum Gasteiger partial charge on any atom is 0.123 e. The molecule has 1 N–H and O–H groups in total. The standard InChI is InChI=1S/C16H18FN/c17-16-4-3-14-10-13(1-2-15(14)11-16)9-12-5-7-18-8-6-12/h1-4,10-12,18H,5-9H2. The molecule has 2 aromatic carbocycles. The Hall–Kier alpha value is -1.41. The summed E-state index contributed by atoms with van der Waals surface area (Å²) in [4.78, 5) is 0. The second-order valence-corrected chi connectivity index (χ2v) is 5.22. The monoisotopic (exact) mass is 243 g/mol. The molecular formula is C16H18FN. The lowest BCUT2D eigenvalue weighted by Gasteiger charge is -2.22. The van der Waals surface area contributed by atoms with Gasteiger partial charge in [0.05, 0.1) is 0 Å². The number of nitrogens with one attached hydrogen (secondary N) is 1. The summed E-state index contributed by atoms with van der Waals surface area (Å²) in [5.41, 5.74) is 1.38. The molecule has 1 fully saturated rings. The minimum Gasteiger partial charge on any atom is -0.317 e. The average molecular weight is 243 g/mol. The van der Waals surface area contributed by atoms with Crippen LogP contribution < -0.4 is 5.32 Å². The summed E-state index contributed by atoms with van der Waals surface area (Å²) < 4.78 is 13.1. The molecule has 3 rings (SSSR count). The van der Waals surface area contributed by atoms with Crippen molar-refractivity contribution in [1.29, 1.82) is 0 Å². The van der Waals surface area contributed by atoms with Gasteiger partial charge in [-0.15, -0.1) is 0 Å². The highest BCUT2D eigenvalue weighted by Gasteiger charge is 2.13. The molecule has 0 amide bonds. The summed E-state index contributed by atoms with van der Waals surface area (Å²) in [5.74, 6) is 0.637. The van der Waals surface area contributed by atoms with E-state index in [1.165, 1.54) is 24.5 Å². The van der Waals surface area contributed by atoms with E-state index in [0.29, 0.717) is 0 Å². The first-order valence-corrected chi connectivity index (χ1v) is 6.70. The van der Waals surface area contributed by atoms with Crippen molar-refractivity contribution < 1.29 is 4.39 Å². The molecule has 0 spiro atoms. The number of rotatable bonds is 2. The van der Waals surface area contributed by atoms with Gasteiger partial charge in [0, 0.05) is 0 Å². The molecule has 18 heavy (non-hydrogen) atoms. The highest BCUT2D eigenvalue weighted by atomic mass is 19.1. The predicted octanol–water partition coefficient (Wildman–Crippen LogP) is 3.52. The molecular weight excluding hydrogens is 225 g/mol. The maximum atomic E-state index is 13.1. The van der Waals surface area contributed by atoms with E-state index < -0.39 is 0 Å². The summed E-state index contributed by atoms with van der Waals surface area (Å²) in [6, 6.07) is 11.4. The van der Waals surface area contributed by atoms with Crippen molar-refractivity contribution >= 4 is 10.8 Å². The topological polar surface area (TPSA) is 12.0 Å². The molecule has 0 unspecified atom stereocenters. The molecule has 0 bridgehead atoms. The molecule has 0 atom stereocenters. The molecule has 2 heteroatoms. The van der Waals surface area contributed by atoms with Crippen molar-refractivity contribution in [3.63, 3.8) is 0 Å². The third-order valence-electron chi connectivity index (χ3n) is 3.85. The zero-order chi connectivity index (χ0) is 12.4. The quantitative estimate of drug-likeness (QED) is 0.851. The van der Waals surface area contributed by atoms with E-state index in [9.17, 15) is 4.39 Å². The van der Waals surface area contributed by atoms with Gasteiger partial charge < -0.3 is 5.32 Å². The average Bonchev–Trinajstić information content (AvgIpc) is 2.40. The van der Waals surface area contributed by atoms with Gasteiger partial charge in [0.2, 0.25) is 0 Å². The Morgan fingerprint density at radius 2 is 1.72 bits per heavy atom. The molecule has 0 radical (unpaired) electrons. The lowest BCUT2D eigenvalue weighted by atomic mass is 9.90. The molecule has 0 aromatic heterocycles. The van der Waals surface area contributed by atoms with Crippen molar-refractivity contribution in [3.05, 3.63) is 47.8 Å². The number of hydrogen-bond donors (Lipinski definition) is 1. The second-order valence-electron chi connectivity index (χ2n) is 5.22. The fourth-order valence-electron chi connectivity index (χ4n) is 2.81. The van der Waals surface area contributed by atoms with Gasteiger partial charge in [-0.2, -0.15) is 0 Å². The summed E-state index contributed by atoms with van der Waals surface area (Å²) in [5, 5.41) is 5.53. The van der Waals surface area contributed by atoms with Crippen LogP contribution in [0.3, 0.4) is 0 Å². The Morgan fingerprint density at radius 3 is 2.56 bits per heavy atom. The highest BCUT2D eigenvalue weighted by molar-refractivity contribution is 5.83. The Balaban J connectivity index is 1.82. The zero-order valence-corrected chi connectivity index (χ0v) is 10.5. The molecule has 0 saturated carbocycles. The minimum atomic E-state index is -0.159. The lowest BCUT2D eigenvalue weighted by molar-refractivity contribution is 0.373. The van der Waals surface area contributed by atoms with Crippen LogP contribution >= 0.6 is 0 Å². The fourth-order valence-corrected chi connectivity index (χ4v) is 2.81. The van der Waals surface area contributed by atoms with Gasteiger partial charge in [0.1, 0.15) is 5.82 Å². The van der Waals surface area contributed by atoms with Gasteiger partial charge in [0.15, 0.2) is 0 Å². The Bertz CT molecular complexity index is 544. The first-order chi connectivity index (χ1) is 8.81. The van der Waals surface area contributed by atoms with Crippen LogP contribution in [0.1, 0.15) is 18.4 Å². The molecule has 2 aromatic rings. The summed E-state index contributed by atoms with van der Waals surface area (Å²) in [7, 11) is 0. The van der Waals surface area contributed by atoms with Crippen molar-refractivity contribution in [1.82, 2.24) is 5.32 Å². The predicted molar refractivity (Wildman–Crippen MR) is 73.2 cm³/mol. The van der Waals surface area contributed by atoms with Crippen molar-refractivity contribution in [3.8, 4) is 0 Å². The Labute approximate surface area is 107 Å². The first kappa shape index (κ1) is 11.7. The van der Waals surface area contributed by atoms with E-state index in [1.54, 1.807) is 6.07 Å². The van der Waals surface area contributed by atoms with Crippen LogP contribution in [0.4, 0.5) is 4.39 Å². The molecule has 1 nitrogen and oxygen atoms in total. The van der Waals surface area contributed by atoms with E-state index >= 15 is 0 Å². The largest absolute Gasteiger partial charge is 0.317 e. The summed E-state index contributed by atoms with van der Waals surface area (Å²) in [6.45, 7) is 2.28. The van der Waals surface area contributed by atoms with E-state index in [-0.39, 0.29) is 5.82 Å². The molecule has 1 heterocycles. The zero-order valence-electron chi connectivity index (χ0n) is 10.5. The van der Waals surface area contributed by atoms with E-state index in [1.807, 2.05) is 12.1 Å². The highest BCUT2D eigenvalue weighted by Crippen LogP contribution is 2.22. The third kappa shape index (κ3) is 2.54.